The summed E-state index contributed by atoms with van der Waals surface area (Å²) >= 11 is 5.73. The fourth-order valence-corrected chi connectivity index (χ4v) is 3.61. The van der Waals surface area contributed by atoms with Gasteiger partial charge in [-0.3, -0.25) is 5.73 Å². The van der Waals surface area contributed by atoms with Crippen molar-refractivity contribution >= 4 is 44.2 Å². The molecule has 2 heterocycles. The van der Waals surface area contributed by atoms with E-state index in [2.05, 4.69) is 4.98 Å². The van der Waals surface area contributed by atoms with Crippen LogP contribution in [-0.2, 0) is 9.84 Å². The summed E-state index contributed by atoms with van der Waals surface area (Å²) in [5.74, 6) is -0.800. The maximum absolute atomic E-state index is 12.6. The molecule has 0 spiro atoms. The highest BCUT2D eigenvalue weighted by atomic mass is 35.5. The van der Waals surface area contributed by atoms with E-state index in [0.717, 1.165) is 12.1 Å². The normalized spacial score (nSPS) is 11.7. The Bertz CT molecular complexity index is 1070. The van der Waals surface area contributed by atoms with Gasteiger partial charge in [0, 0.05) is 11.1 Å². The second kappa shape index (κ2) is 5.35. The van der Waals surface area contributed by atoms with Crippen LogP contribution in [0.5, 0.6) is 0 Å². The van der Waals surface area contributed by atoms with Gasteiger partial charge >= 0.3 is 16.5 Å². The van der Waals surface area contributed by atoms with Crippen molar-refractivity contribution in [2.75, 3.05) is 11.5 Å². The molecule has 0 fully saturated rings. The molecule has 11 heteroatoms. The Morgan fingerprint density at radius 3 is 2.25 bits per heavy atom. The zero-order valence-electron chi connectivity index (χ0n) is 11.9. The van der Waals surface area contributed by atoms with Gasteiger partial charge < -0.3 is 16.1 Å². The third-order valence-corrected chi connectivity index (χ3v) is 5.33. The number of pyridine rings is 1. The second-order valence-corrected chi connectivity index (χ2v) is 7.14. The number of anilines is 2. The lowest BCUT2D eigenvalue weighted by molar-refractivity contribution is -0.627. The van der Waals surface area contributed by atoms with Gasteiger partial charge in [-0.1, -0.05) is 11.6 Å². The van der Waals surface area contributed by atoms with Crippen LogP contribution in [0.3, 0.4) is 0 Å². The lowest BCUT2D eigenvalue weighted by atomic mass is 10.3. The molecule has 0 bridgehead atoms. The molecule has 0 radical (unpaired) electrons. The first-order chi connectivity index (χ1) is 11.2. The monoisotopic (exact) mass is 367 g/mol. The Morgan fingerprint density at radius 2 is 1.62 bits per heavy atom. The molecule has 4 N–H and O–H groups in total. The van der Waals surface area contributed by atoms with Gasteiger partial charge in [0.05, 0.1) is 4.90 Å². The molecule has 0 unspecified atom stereocenters. The number of halogens is 1. The number of nitrogens with two attached hydrogens (primary N) is 2. The van der Waals surface area contributed by atoms with Crippen LogP contribution < -0.4 is 20.9 Å². The lowest BCUT2D eigenvalue weighted by Gasteiger charge is -2.12. The average Bonchev–Trinajstić information content (AvgIpc) is 2.52. The van der Waals surface area contributed by atoms with Crippen LogP contribution >= 0.6 is 11.6 Å². The van der Waals surface area contributed by atoms with E-state index in [9.17, 15) is 18.8 Å². The first kappa shape index (κ1) is 16.0. The summed E-state index contributed by atoms with van der Waals surface area (Å²) in [6.45, 7) is 0. The molecular formula is C13H10ClN5O4S. The number of nitrogen functional groups attached to an aromatic ring is 2. The fourth-order valence-electron chi connectivity index (χ4n) is 2.19. The van der Waals surface area contributed by atoms with Crippen LogP contribution in [-0.4, -0.2) is 13.4 Å². The van der Waals surface area contributed by atoms with Gasteiger partial charge in [-0.25, -0.2) is 13.1 Å². The van der Waals surface area contributed by atoms with Crippen molar-refractivity contribution in [2.45, 2.75) is 9.92 Å². The quantitative estimate of drug-likeness (QED) is 0.482. The molecule has 0 aliphatic heterocycles. The number of aromatic nitrogens is 3. The smallest absolute Gasteiger partial charge is 0.392 e. The van der Waals surface area contributed by atoms with E-state index < -0.39 is 20.8 Å². The van der Waals surface area contributed by atoms with Crippen molar-refractivity contribution in [1.29, 1.82) is 0 Å². The molecule has 1 aromatic carbocycles. The predicted octanol–water partition coefficient (Wildman–Crippen LogP) is 0.152. The number of hydrogen-bond donors (Lipinski definition) is 2. The van der Waals surface area contributed by atoms with Crippen molar-refractivity contribution in [1.82, 2.24) is 4.98 Å². The molecule has 0 saturated heterocycles. The molecular weight excluding hydrogens is 358 g/mol. The standard InChI is InChI=1S/C13H10ClN5O4S/c14-7-1-3-8(4-2-7)24(22,23)10-6-5-9-11(19(10)21)12(15)17-13(16)18(9)20/h1-6H,(H4,15,16,17). The summed E-state index contributed by atoms with van der Waals surface area (Å²) in [5, 5.41) is 24.1. The number of rotatable bonds is 2. The number of sulfone groups is 1. The van der Waals surface area contributed by atoms with Crippen molar-refractivity contribution in [3.05, 3.63) is 51.8 Å². The first-order valence-corrected chi connectivity index (χ1v) is 8.31. The first-order valence-electron chi connectivity index (χ1n) is 6.45. The second-order valence-electron chi connectivity index (χ2n) is 4.81. The van der Waals surface area contributed by atoms with E-state index in [1.807, 2.05) is 0 Å². The van der Waals surface area contributed by atoms with Gasteiger partial charge in [-0.05, 0) is 35.3 Å². The zero-order chi connectivity index (χ0) is 17.6. The molecule has 3 rings (SSSR count). The highest BCUT2D eigenvalue weighted by Gasteiger charge is 2.30. The number of benzene rings is 1. The Morgan fingerprint density at radius 1 is 1.00 bits per heavy atom. The summed E-state index contributed by atoms with van der Waals surface area (Å²) in [7, 11) is -4.15. The average molecular weight is 368 g/mol. The Balaban J connectivity index is 2.32. The van der Waals surface area contributed by atoms with Crippen LogP contribution in [0, 0.1) is 10.4 Å². The molecule has 0 amide bonds. The lowest BCUT2D eigenvalue weighted by Crippen LogP contribution is -2.41. The molecule has 124 valence electrons. The van der Waals surface area contributed by atoms with Crippen LogP contribution in [0.1, 0.15) is 0 Å². The zero-order valence-corrected chi connectivity index (χ0v) is 13.5. The van der Waals surface area contributed by atoms with Gasteiger partial charge in [-0.2, -0.15) is 0 Å². The Labute approximate surface area is 140 Å². The van der Waals surface area contributed by atoms with Gasteiger partial charge in [-0.15, -0.1) is 4.73 Å². The Kier molecular flexibility index (Phi) is 3.57. The highest BCUT2D eigenvalue weighted by molar-refractivity contribution is 7.91. The number of fused-ring (bicyclic) bond motifs is 1. The van der Waals surface area contributed by atoms with Crippen molar-refractivity contribution in [3.8, 4) is 0 Å². The fraction of sp³-hybridized carbons (Fsp3) is 0. The van der Waals surface area contributed by atoms with E-state index in [0.29, 0.717) is 5.02 Å². The maximum atomic E-state index is 12.6. The summed E-state index contributed by atoms with van der Waals surface area (Å²) in [6, 6.07) is 7.45. The summed E-state index contributed by atoms with van der Waals surface area (Å²) in [4.78, 5) is 3.41. The topological polar surface area (TPSA) is 153 Å². The molecule has 0 aliphatic rings. The minimum absolute atomic E-state index is 0.0510. The highest BCUT2D eigenvalue weighted by Crippen LogP contribution is 2.22. The van der Waals surface area contributed by atoms with Crippen molar-refractivity contribution < 1.29 is 17.9 Å². The van der Waals surface area contributed by atoms with Gasteiger partial charge in [0.1, 0.15) is 0 Å². The third kappa shape index (κ3) is 2.32. The van der Waals surface area contributed by atoms with Crippen LogP contribution in [0.4, 0.5) is 11.8 Å². The number of hydrogen-bond acceptors (Lipinski definition) is 7. The molecule has 0 atom stereocenters. The Hall–Kier alpha value is -2.85. The molecule has 0 saturated carbocycles. The summed E-state index contributed by atoms with van der Waals surface area (Å²) < 4.78 is 25.5. The third-order valence-electron chi connectivity index (χ3n) is 3.33. The molecule has 9 nitrogen and oxygen atoms in total. The molecule has 2 aromatic heterocycles. The van der Waals surface area contributed by atoms with Crippen molar-refractivity contribution in [3.63, 3.8) is 0 Å². The van der Waals surface area contributed by atoms with Gasteiger partial charge in [0.2, 0.25) is 0 Å². The minimum Gasteiger partial charge on any atom is -0.740 e. The van der Waals surface area contributed by atoms with E-state index in [-0.39, 0.29) is 31.2 Å². The van der Waals surface area contributed by atoms with E-state index in [1.165, 1.54) is 24.3 Å². The van der Waals surface area contributed by atoms with Gasteiger partial charge in [0.25, 0.3) is 15.7 Å². The SMILES string of the molecule is Nc1nc(N)[n+]([O-])c2ccc(S(=O)(=O)c3ccc(Cl)cc3)[n+]([O-])c12. The van der Waals surface area contributed by atoms with Crippen LogP contribution in [0.25, 0.3) is 11.0 Å². The number of nitrogens with zero attached hydrogens (tertiary/aromatic N) is 3. The van der Waals surface area contributed by atoms with E-state index in [1.54, 1.807) is 0 Å². The molecule has 3 aromatic rings. The largest absolute Gasteiger partial charge is 0.740 e. The van der Waals surface area contributed by atoms with Crippen LogP contribution in [0.2, 0.25) is 5.02 Å². The molecule has 0 aliphatic carbocycles. The summed E-state index contributed by atoms with van der Waals surface area (Å²) in [5.41, 5.74) is 10.4. The van der Waals surface area contributed by atoms with E-state index >= 15 is 0 Å². The van der Waals surface area contributed by atoms with E-state index in [4.69, 9.17) is 23.1 Å². The molecule has 24 heavy (non-hydrogen) atoms. The maximum Gasteiger partial charge on any atom is 0.392 e. The van der Waals surface area contributed by atoms with Gasteiger partial charge in [0.15, 0.2) is 5.52 Å². The summed E-state index contributed by atoms with van der Waals surface area (Å²) in [6.07, 6.45) is 0. The predicted molar refractivity (Wildman–Crippen MR) is 85.4 cm³/mol. The minimum atomic E-state index is -4.15. The van der Waals surface area contributed by atoms with Crippen molar-refractivity contribution in [2.24, 2.45) is 0 Å². The van der Waals surface area contributed by atoms with Crippen LogP contribution in [0.15, 0.2) is 46.3 Å².